The lowest BCUT2D eigenvalue weighted by atomic mass is 9.96. The van der Waals surface area contributed by atoms with E-state index in [-0.39, 0.29) is 11.8 Å². The topological polar surface area (TPSA) is 84.7 Å². The summed E-state index contributed by atoms with van der Waals surface area (Å²) in [5, 5.41) is 11.6. The zero-order valence-electron chi connectivity index (χ0n) is 15.9. The van der Waals surface area contributed by atoms with Crippen molar-refractivity contribution in [1.82, 2.24) is 25.1 Å². The smallest absolute Gasteiger partial charge is 0.227 e. The van der Waals surface area contributed by atoms with Crippen molar-refractivity contribution in [3.05, 3.63) is 48.4 Å². The van der Waals surface area contributed by atoms with E-state index in [1.165, 1.54) is 0 Å². The van der Waals surface area contributed by atoms with Gasteiger partial charge in [0.15, 0.2) is 5.65 Å². The fourth-order valence-electron chi connectivity index (χ4n) is 3.11. The van der Waals surface area contributed by atoms with Crippen LogP contribution >= 0.6 is 0 Å². The third-order valence-corrected chi connectivity index (χ3v) is 4.53. The Kier molecular flexibility index (Phi) is 6.35. The minimum absolute atomic E-state index is 0.0417. The first kappa shape index (κ1) is 18.8. The van der Waals surface area contributed by atoms with Gasteiger partial charge in [-0.15, -0.1) is 0 Å². The molecular weight excluding hydrogens is 340 g/mol. The number of carbonyl (C=O) groups is 1. The van der Waals surface area contributed by atoms with Crippen LogP contribution in [0.4, 0.5) is 5.82 Å². The molecule has 7 nitrogen and oxygen atoms in total. The molecule has 0 bridgehead atoms. The van der Waals surface area contributed by atoms with Crippen LogP contribution in [0.3, 0.4) is 0 Å². The molecule has 2 aromatic heterocycles. The standard InChI is InChI=1S/C20H26N6O/c1-3-10-21-18-17-13-25-26(19(17)24-14-23-18)12-11-22-20(27)16(4-2)15-8-6-5-7-9-15/h5-9,13-14,16H,3-4,10-12H2,1-2H3,(H,22,27)(H,21,23,24). The number of nitrogens with one attached hydrogen (secondary N) is 2. The van der Waals surface area contributed by atoms with Crippen LogP contribution in [0.2, 0.25) is 0 Å². The maximum Gasteiger partial charge on any atom is 0.227 e. The fourth-order valence-corrected chi connectivity index (χ4v) is 3.11. The van der Waals surface area contributed by atoms with E-state index in [0.29, 0.717) is 13.1 Å². The molecule has 0 aliphatic carbocycles. The van der Waals surface area contributed by atoms with Gasteiger partial charge in [0.05, 0.1) is 24.0 Å². The molecule has 1 unspecified atom stereocenters. The predicted molar refractivity (Wildman–Crippen MR) is 107 cm³/mol. The van der Waals surface area contributed by atoms with Crippen LogP contribution in [-0.2, 0) is 11.3 Å². The van der Waals surface area contributed by atoms with Gasteiger partial charge in [-0.2, -0.15) is 5.10 Å². The molecule has 27 heavy (non-hydrogen) atoms. The maximum atomic E-state index is 12.6. The summed E-state index contributed by atoms with van der Waals surface area (Å²) in [5.41, 5.74) is 1.81. The summed E-state index contributed by atoms with van der Waals surface area (Å²) in [6, 6.07) is 9.88. The second kappa shape index (κ2) is 9.12. The largest absolute Gasteiger partial charge is 0.369 e. The lowest BCUT2D eigenvalue weighted by Gasteiger charge is -2.15. The average molecular weight is 366 g/mol. The van der Waals surface area contributed by atoms with Crippen LogP contribution in [0.1, 0.15) is 38.2 Å². The van der Waals surface area contributed by atoms with Crippen molar-refractivity contribution in [2.45, 2.75) is 39.2 Å². The minimum Gasteiger partial charge on any atom is -0.369 e. The summed E-state index contributed by atoms with van der Waals surface area (Å²) in [4.78, 5) is 21.2. The normalized spacial score (nSPS) is 12.1. The summed E-state index contributed by atoms with van der Waals surface area (Å²) in [6.45, 7) is 6.05. The van der Waals surface area contributed by atoms with Gasteiger partial charge >= 0.3 is 0 Å². The highest BCUT2D eigenvalue weighted by atomic mass is 16.1. The SMILES string of the molecule is CCCNc1ncnc2c1cnn2CCNC(=O)C(CC)c1ccccc1. The number of carbonyl (C=O) groups excluding carboxylic acids is 1. The molecule has 1 aromatic carbocycles. The van der Waals surface area contributed by atoms with Crippen molar-refractivity contribution in [3.63, 3.8) is 0 Å². The van der Waals surface area contributed by atoms with Crippen molar-refractivity contribution in [1.29, 1.82) is 0 Å². The van der Waals surface area contributed by atoms with E-state index in [1.807, 2.05) is 37.3 Å². The van der Waals surface area contributed by atoms with Crippen LogP contribution < -0.4 is 10.6 Å². The van der Waals surface area contributed by atoms with Crippen molar-refractivity contribution in [2.75, 3.05) is 18.4 Å². The quantitative estimate of drug-likeness (QED) is 0.608. The number of rotatable bonds is 9. The molecule has 0 spiro atoms. The molecule has 0 fully saturated rings. The molecule has 3 aromatic rings. The molecule has 1 amide bonds. The minimum atomic E-state index is -0.132. The third-order valence-electron chi connectivity index (χ3n) is 4.53. The van der Waals surface area contributed by atoms with Crippen LogP contribution in [-0.4, -0.2) is 38.7 Å². The summed E-state index contributed by atoms with van der Waals surface area (Å²) in [6.07, 6.45) is 5.10. The Hall–Kier alpha value is -2.96. The van der Waals surface area contributed by atoms with E-state index < -0.39 is 0 Å². The molecule has 0 aliphatic heterocycles. The van der Waals surface area contributed by atoms with Crippen molar-refractivity contribution >= 4 is 22.8 Å². The van der Waals surface area contributed by atoms with Crippen LogP contribution in [0.5, 0.6) is 0 Å². The Balaban J connectivity index is 1.62. The molecule has 0 saturated heterocycles. The highest BCUT2D eigenvalue weighted by Crippen LogP contribution is 2.20. The number of benzene rings is 1. The van der Waals surface area contributed by atoms with Gasteiger partial charge < -0.3 is 10.6 Å². The van der Waals surface area contributed by atoms with Crippen LogP contribution in [0.15, 0.2) is 42.9 Å². The van der Waals surface area contributed by atoms with Crippen molar-refractivity contribution in [3.8, 4) is 0 Å². The van der Waals surface area contributed by atoms with Gasteiger partial charge in [0.2, 0.25) is 5.91 Å². The predicted octanol–water partition coefficient (Wildman–Crippen LogP) is 2.96. The fraction of sp³-hybridized carbons (Fsp3) is 0.400. The highest BCUT2D eigenvalue weighted by Gasteiger charge is 2.18. The van der Waals surface area contributed by atoms with E-state index in [2.05, 4.69) is 32.6 Å². The van der Waals surface area contributed by atoms with Gasteiger partial charge in [-0.3, -0.25) is 4.79 Å². The van der Waals surface area contributed by atoms with Crippen LogP contribution in [0, 0.1) is 0 Å². The average Bonchev–Trinajstić information content (AvgIpc) is 3.11. The Labute approximate surface area is 159 Å². The number of nitrogens with zero attached hydrogens (tertiary/aromatic N) is 4. The lowest BCUT2D eigenvalue weighted by molar-refractivity contribution is -0.122. The first-order chi connectivity index (χ1) is 13.2. The van der Waals surface area contributed by atoms with Gasteiger partial charge in [0, 0.05) is 13.1 Å². The lowest BCUT2D eigenvalue weighted by Crippen LogP contribution is -2.32. The zero-order valence-corrected chi connectivity index (χ0v) is 15.9. The molecule has 0 radical (unpaired) electrons. The molecule has 1 atom stereocenters. The van der Waals surface area contributed by atoms with Crippen molar-refractivity contribution in [2.24, 2.45) is 0 Å². The Morgan fingerprint density at radius 1 is 1.15 bits per heavy atom. The van der Waals surface area contributed by atoms with E-state index in [9.17, 15) is 4.79 Å². The summed E-state index contributed by atoms with van der Waals surface area (Å²) in [7, 11) is 0. The molecule has 2 heterocycles. The van der Waals surface area contributed by atoms with Gasteiger partial charge in [0.25, 0.3) is 0 Å². The molecular formula is C20H26N6O. The Morgan fingerprint density at radius 2 is 1.96 bits per heavy atom. The summed E-state index contributed by atoms with van der Waals surface area (Å²) in [5.74, 6) is 0.708. The summed E-state index contributed by atoms with van der Waals surface area (Å²) >= 11 is 0. The molecule has 7 heteroatoms. The summed E-state index contributed by atoms with van der Waals surface area (Å²) < 4.78 is 1.80. The van der Waals surface area contributed by atoms with E-state index in [4.69, 9.17) is 0 Å². The number of fused-ring (bicyclic) bond motifs is 1. The molecule has 2 N–H and O–H groups in total. The number of amides is 1. The number of hydrogen-bond donors (Lipinski definition) is 2. The van der Waals surface area contributed by atoms with Crippen LogP contribution in [0.25, 0.3) is 11.0 Å². The third kappa shape index (κ3) is 4.42. The number of hydrogen-bond acceptors (Lipinski definition) is 5. The first-order valence-electron chi connectivity index (χ1n) is 9.47. The van der Waals surface area contributed by atoms with E-state index >= 15 is 0 Å². The second-order valence-corrected chi connectivity index (χ2v) is 6.42. The second-order valence-electron chi connectivity index (χ2n) is 6.42. The van der Waals surface area contributed by atoms with Gasteiger partial charge in [-0.1, -0.05) is 44.2 Å². The van der Waals surface area contributed by atoms with Gasteiger partial charge in [0.1, 0.15) is 12.1 Å². The number of anilines is 1. The van der Waals surface area contributed by atoms with E-state index in [0.717, 1.165) is 41.8 Å². The molecule has 3 rings (SSSR count). The monoisotopic (exact) mass is 366 g/mol. The zero-order chi connectivity index (χ0) is 19.1. The van der Waals surface area contributed by atoms with Gasteiger partial charge in [-0.05, 0) is 18.4 Å². The Morgan fingerprint density at radius 3 is 2.70 bits per heavy atom. The highest BCUT2D eigenvalue weighted by molar-refractivity contribution is 5.86. The molecule has 142 valence electrons. The first-order valence-corrected chi connectivity index (χ1v) is 9.47. The van der Waals surface area contributed by atoms with E-state index in [1.54, 1.807) is 17.2 Å². The molecule has 0 aliphatic rings. The van der Waals surface area contributed by atoms with Gasteiger partial charge in [-0.25, -0.2) is 14.6 Å². The molecule has 0 saturated carbocycles. The Bertz CT molecular complexity index is 877. The van der Waals surface area contributed by atoms with Crippen molar-refractivity contribution < 1.29 is 4.79 Å². The number of aromatic nitrogens is 4. The maximum absolute atomic E-state index is 12.6.